The molecule has 2 aromatic heterocycles. The first-order chi connectivity index (χ1) is 7.79. The van der Waals surface area contributed by atoms with Gasteiger partial charge >= 0.3 is 6.01 Å². The minimum absolute atomic E-state index is 0.296. The SMILES string of the molecule is Cc1ncccc1Oc1ncc(CCl)cn1. The molecule has 0 fully saturated rings. The number of aryl methyl sites for hydroxylation is 1. The maximum atomic E-state index is 5.63. The van der Waals surface area contributed by atoms with Gasteiger partial charge < -0.3 is 4.74 Å². The topological polar surface area (TPSA) is 47.9 Å². The lowest BCUT2D eigenvalue weighted by molar-refractivity contribution is 0.435. The number of nitrogens with zero attached hydrogens (tertiary/aromatic N) is 3. The normalized spacial score (nSPS) is 10.1. The summed E-state index contributed by atoms with van der Waals surface area (Å²) < 4.78 is 5.48. The number of aromatic nitrogens is 3. The van der Waals surface area contributed by atoms with E-state index in [1.54, 1.807) is 24.7 Å². The van der Waals surface area contributed by atoms with Crippen LogP contribution in [0.4, 0.5) is 0 Å². The van der Waals surface area contributed by atoms with E-state index in [1.807, 2.05) is 13.0 Å². The van der Waals surface area contributed by atoms with Crippen LogP contribution in [0.5, 0.6) is 11.8 Å². The van der Waals surface area contributed by atoms with Crippen molar-refractivity contribution in [2.75, 3.05) is 0 Å². The van der Waals surface area contributed by atoms with E-state index in [0.29, 0.717) is 17.6 Å². The second-order valence-electron chi connectivity index (χ2n) is 3.20. The molecule has 0 unspecified atom stereocenters. The van der Waals surface area contributed by atoms with Gasteiger partial charge in [0.2, 0.25) is 0 Å². The summed E-state index contributed by atoms with van der Waals surface area (Å²) in [5.74, 6) is 1.05. The Balaban J connectivity index is 2.18. The molecule has 0 saturated carbocycles. The average molecular weight is 236 g/mol. The third-order valence-corrected chi connectivity index (χ3v) is 2.30. The molecule has 0 aliphatic carbocycles. The van der Waals surface area contributed by atoms with Crippen LogP contribution < -0.4 is 4.74 Å². The summed E-state index contributed by atoms with van der Waals surface area (Å²) in [5.41, 5.74) is 1.66. The third-order valence-electron chi connectivity index (χ3n) is 2.00. The van der Waals surface area contributed by atoms with E-state index >= 15 is 0 Å². The first-order valence-electron chi connectivity index (χ1n) is 4.76. The van der Waals surface area contributed by atoms with Crippen LogP contribution >= 0.6 is 11.6 Å². The van der Waals surface area contributed by atoms with Gasteiger partial charge in [0.1, 0.15) is 0 Å². The Morgan fingerprint density at radius 3 is 2.62 bits per heavy atom. The van der Waals surface area contributed by atoms with E-state index in [0.717, 1.165) is 11.3 Å². The molecule has 0 bridgehead atoms. The van der Waals surface area contributed by atoms with E-state index in [-0.39, 0.29) is 0 Å². The molecule has 0 N–H and O–H groups in total. The summed E-state index contributed by atoms with van der Waals surface area (Å²) in [6.45, 7) is 1.86. The van der Waals surface area contributed by atoms with Gasteiger partial charge in [-0.15, -0.1) is 11.6 Å². The largest absolute Gasteiger partial charge is 0.422 e. The van der Waals surface area contributed by atoms with Gasteiger partial charge in [0.05, 0.1) is 11.6 Å². The molecule has 0 atom stereocenters. The molecule has 0 amide bonds. The van der Waals surface area contributed by atoms with Crippen molar-refractivity contribution in [2.45, 2.75) is 12.8 Å². The fourth-order valence-corrected chi connectivity index (χ4v) is 1.28. The fraction of sp³-hybridized carbons (Fsp3) is 0.182. The molecule has 2 heterocycles. The predicted molar refractivity (Wildman–Crippen MR) is 60.6 cm³/mol. The minimum atomic E-state index is 0.296. The number of halogens is 1. The second kappa shape index (κ2) is 4.90. The Morgan fingerprint density at radius 2 is 2.00 bits per heavy atom. The molecular weight excluding hydrogens is 226 g/mol. The number of ether oxygens (including phenoxy) is 1. The lowest BCUT2D eigenvalue weighted by Gasteiger charge is -2.05. The molecule has 0 radical (unpaired) electrons. The van der Waals surface area contributed by atoms with Gasteiger partial charge in [-0.2, -0.15) is 0 Å². The van der Waals surface area contributed by atoms with Gasteiger partial charge in [0.15, 0.2) is 5.75 Å². The van der Waals surface area contributed by atoms with E-state index in [9.17, 15) is 0 Å². The Kier molecular flexibility index (Phi) is 3.31. The number of hydrogen-bond donors (Lipinski definition) is 0. The summed E-state index contributed by atoms with van der Waals surface area (Å²) in [4.78, 5) is 12.2. The smallest absolute Gasteiger partial charge is 0.321 e. The van der Waals surface area contributed by atoms with Crippen molar-refractivity contribution < 1.29 is 4.74 Å². The van der Waals surface area contributed by atoms with Crippen molar-refractivity contribution >= 4 is 11.6 Å². The number of alkyl halides is 1. The maximum Gasteiger partial charge on any atom is 0.321 e. The molecule has 0 aromatic carbocycles. The van der Waals surface area contributed by atoms with Gasteiger partial charge in [-0.25, -0.2) is 9.97 Å². The van der Waals surface area contributed by atoms with Gasteiger partial charge in [-0.3, -0.25) is 4.98 Å². The van der Waals surface area contributed by atoms with Gasteiger partial charge in [-0.05, 0) is 19.1 Å². The van der Waals surface area contributed by atoms with Gasteiger partial charge in [0.25, 0.3) is 0 Å². The lowest BCUT2D eigenvalue weighted by atomic mass is 10.3. The van der Waals surface area contributed by atoms with Crippen LogP contribution in [0.25, 0.3) is 0 Å². The monoisotopic (exact) mass is 235 g/mol. The molecule has 4 nitrogen and oxygen atoms in total. The van der Waals surface area contributed by atoms with Crippen LogP contribution in [-0.4, -0.2) is 15.0 Å². The van der Waals surface area contributed by atoms with Crippen LogP contribution in [0.3, 0.4) is 0 Å². The molecule has 82 valence electrons. The zero-order chi connectivity index (χ0) is 11.4. The van der Waals surface area contributed by atoms with Crippen molar-refractivity contribution in [1.82, 2.24) is 15.0 Å². The standard InChI is InChI=1S/C11H10ClN3O/c1-8-10(3-2-4-13-8)16-11-14-6-9(5-12)7-15-11/h2-4,6-7H,5H2,1H3. The average Bonchev–Trinajstić information content (AvgIpc) is 2.33. The van der Waals surface area contributed by atoms with Crippen LogP contribution in [-0.2, 0) is 5.88 Å². The van der Waals surface area contributed by atoms with Gasteiger partial charge in [0, 0.05) is 24.2 Å². The van der Waals surface area contributed by atoms with Crippen molar-refractivity contribution in [2.24, 2.45) is 0 Å². The summed E-state index contributed by atoms with van der Waals surface area (Å²) in [6.07, 6.45) is 4.99. The highest BCUT2D eigenvalue weighted by Crippen LogP contribution is 2.19. The van der Waals surface area contributed by atoms with Crippen molar-refractivity contribution in [3.05, 3.63) is 42.0 Å². The van der Waals surface area contributed by atoms with E-state index in [1.165, 1.54) is 0 Å². The molecule has 2 rings (SSSR count). The van der Waals surface area contributed by atoms with Crippen LogP contribution in [0.1, 0.15) is 11.3 Å². The van der Waals surface area contributed by atoms with Gasteiger partial charge in [-0.1, -0.05) is 0 Å². The van der Waals surface area contributed by atoms with Crippen LogP contribution in [0.2, 0.25) is 0 Å². The molecular formula is C11H10ClN3O. The van der Waals surface area contributed by atoms with E-state index in [2.05, 4.69) is 15.0 Å². The highest BCUT2D eigenvalue weighted by Gasteiger charge is 2.03. The van der Waals surface area contributed by atoms with Crippen molar-refractivity contribution in [1.29, 1.82) is 0 Å². The molecule has 0 spiro atoms. The van der Waals surface area contributed by atoms with E-state index < -0.39 is 0 Å². The van der Waals surface area contributed by atoms with Crippen molar-refractivity contribution in [3.63, 3.8) is 0 Å². The first-order valence-corrected chi connectivity index (χ1v) is 5.29. The Bertz CT molecular complexity index is 473. The molecule has 2 aromatic rings. The Hall–Kier alpha value is -1.68. The first kappa shape index (κ1) is 10.8. The van der Waals surface area contributed by atoms with Crippen LogP contribution in [0, 0.1) is 6.92 Å². The number of hydrogen-bond acceptors (Lipinski definition) is 4. The summed E-state index contributed by atoms with van der Waals surface area (Å²) in [5, 5.41) is 0. The van der Waals surface area contributed by atoms with E-state index in [4.69, 9.17) is 16.3 Å². The molecule has 0 saturated heterocycles. The minimum Gasteiger partial charge on any atom is -0.422 e. The summed E-state index contributed by atoms with van der Waals surface area (Å²) in [7, 11) is 0. The second-order valence-corrected chi connectivity index (χ2v) is 3.46. The highest BCUT2D eigenvalue weighted by molar-refractivity contribution is 6.17. The number of rotatable bonds is 3. The quantitative estimate of drug-likeness (QED) is 0.768. The fourth-order valence-electron chi connectivity index (χ4n) is 1.14. The molecule has 0 aliphatic rings. The lowest BCUT2D eigenvalue weighted by Crippen LogP contribution is -1.95. The number of pyridine rings is 1. The molecule has 16 heavy (non-hydrogen) atoms. The summed E-state index contributed by atoms with van der Waals surface area (Å²) in [6, 6.07) is 3.92. The predicted octanol–water partition coefficient (Wildman–Crippen LogP) is 2.71. The Labute approximate surface area is 98.3 Å². The highest BCUT2D eigenvalue weighted by atomic mass is 35.5. The Morgan fingerprint density at radius 1 is 1.25 bits per heavy atom. The third kappa shape index (κ3) is 2.46. The molecule has 0 aliphatic heterocycles. The van der Waals surface area contributed by atoms with Crippen LogP contribution in [0.15, 0.2) is 30.7 Å². The molecule has 5 heteroatoms. The zero-order valence-corrected chi connectivity index (χ0v) is 9.48. The zero-order valence-electron chi connectivity index (χ0n) is 8.72. The summed E-state index contributed by atoms with van der Waals surface area (Å²) >= 11 is 5.63. The van der Waals surface area contributed by atoms with Crippen molar-refractivity contribution in [3.8, 4) is 11.8 Å². The maximum absolute atomic E-state index is 5.63.